The molecule has 1 heterocycles. The number of ether oxygens (including phenoxy) is 1. The minimum atomic E-state index is 0.349. The number of nitrogens with one attached hydrogen (secondary N) is 2. The zero-order valence-electron chi connectivity index (χ0n) is 11.0. The van der Waals surface area contributed by atoms with Gasteiger partial charge in [0.15, 0.2) is 0 Å². The van der Waals surface area contributed by atoms with Gasteiger partial charge in [0.05, 0.1) is 7.11 Å². The van der Waals surface area contributed by atoms with Gasteiger partial charge in [-0.2, -0.15) is 0 Å². The Hall–Kier alpha value is -0.580. The van der Waals surface area contributed by atoms with Gasteiger partial charge >= 0.3 is 0 Å². The van der Waals surface area contributed by atoms with Gasteiger partial charge in [0.25, 0.3) is 0 Å². The summed E-state index contributed by atoms with van der Waals surface area (Å²) in [6.07, 6.45) is 2.42. The van der Waals surface area contributed by atoms with E-state index >= 15 is 0 Å². The minimum absolute atomic E-state index is 0.349. The summed E-state index contributed by atoms with van der Waals surface area (Å²) < 4.78 is 6.57. The molecule has 1 aromatic carbocycles. The highest BCUT2D eigenvalue weighted by Crippen LogP contribution is 2.32. The van der Waals surface area contributed by atoms with E-state index in [4.69, 9.17) is 4.74 Å². The second-order valence-corrected chi connectivity index (χ2v) is 5.74. The van der Waals surface area contributed by atoms with Crippen LogP contribution < -0.4 is 15.4 Å². The predicted molar refractivity (Wildman–Crippen MR) is 78.1 cm³/mol. The van der Waals surface area contributed by atoms with Gasteiger partial charge in [-0.15, -0.1) is 0 Å². The van der Waals surface area contributed by atoms with Crippen LogP contribution in [0.1, 0.15) is 24.4 Å². The molecule has 1 aliphatic rings. The molecule has 4 heteroatoms. The SMILES string of the molecule is CNC(CC1CCNC1)c1cc(Br)ccc1OC. The molecule has 18 heavy (non-hydrogen) atoms. The summed E-state index contributed by atoms with van der Waals surface area (Å²) in [5, 5.41) is 6.84. The first kappa shape index (κ1) is 13.8. The molecule has 100 valence electrons. The molecule has 2 rings (SSSR count). The van der Waals surface area contributed by atoms with Gasteiger partial charge in [0.1, 0.15) is 5.75 Å². The van der Waals surface area contributed by atoms with Crippen LogP contribution in [0.5, 0.6) is 5.75 Å². The summed E-state index contributed by atoms with van der Waals surface area (Å²) in [4.78, 5) is 0. The fourth-order valence-corrected chi connectivity index (χ4v) is 3.01. The van der Waals surface area contributed by atoms with Gasteiger partial charge in [-0.05, 0) is 57.1 Å². The van der Waals surface area contributed by atoms with E-state index in [2.05, 4.69) is 32.6 Å². The maximum absolute atomic E-state index is 5.47. The van der Waals surface area contributed by atoms with E-state index in [9.17, 15) is 0 Å². The highest BCUT2D eigenvalue weighted by atomic mass is 79.9. The lowest BCUT2D eigenvalue weighted by Gasteiger charge is -2.22. The molecule has 1 aliphatic heterocycles. The number of rotatable bonds is 5. The lowest BCUT2D eigenvalue weighted by atomic mass is 9.93. The van der Waals surface area contributed by atoms with Gasteiger partial charge in [0, 0.05) is 16.1 Å². The Morgan fingerprint density at radius 2 is 2.39 bits per heavy atom. The highest BCUT2D eigenvalue weighted by Gasteiger charge is 2.22. The van der Waals surface area contributed by atoms with Crippen molar-refractivity contribution in [1.82, 2.24) is 10.6 Å². The molecule has 2 N–H and O–H groups in total. The molecule has 0 spiro atoms. The second-order valence-electron chi connectivity index (χ2n) is 4.82. The van der Waals surface area contributed by atoms with Crippen LogP contribution >= 0.6 is 15.9 Å². The molecule has 1 fully saturated rings. The monoisotopic (exact) mass is 312 g/mol. The van der Waals surface area contributed by atoms with E-state index in [1.165, 1.54) is 12.0 Å². The van der Waals surface area contributed by atoms with Crippen molar-refractivity contribution in [3.05, 3.63) is 28.2 Å². The summed E-state index contributed by atoms with van der Waals surface area (Å²) in [6, 6.07) is 6.55. The van der Waals surface area contributed by atoms with Crippen LogP contribution in [0.3, 0.4) is 0 Å². The number of hydrogen-bond donors (Lipinski definition) is 2. The van der Waals surface area contributed by atoms with Crippen LogP contribution in [-0.2, 0) is 0 Å². The molecule has 1 saturated heterocycles. The first-order chi connectivity index (χ1) is 8.74. The third kappa shape index (κ3) is 3.25. The summed E-state index contributed by atoms with van der Waals surface area (Å²) in [5.41, 5.74) is 1.24. The van der Waals surface area contributed by atoms with Gasteiger partial charge < -0.3 is 15.4 Å². The van der Waals surface area contributed by atoms with Crippen molar-refractivity contribution in [2.24, 2.45) is 5.92 Å². The van der Waals surface area contributed by atoms with E-state index in [1.807, 2.05) is 19.2 Å². The van der Waals surface area contributed by atoms with Crippen molar-refractivity contribution in [2.75, 3.05) is 27.2 Å². The van der Waals surface area contributed by atoms with Crippen molar-refractivity contribution in [2.45, 2.75) is 18.9 Å². The van der Waals surface area contributed by atoms with Crippen LogP contribution in [0.25, 0.3) is 0 Å². The van der Waals surface area contributed by atoms with Crippen molar-refractivity contribution < 1.29 is 4.74 Å². The lowest BCUT2D eigenvalue weighted by molar-refractivity contribution is 0.383. The molecule has 0 saturated carbocycles. The molecule has 2 unspecified atom stereocenters. The average molecular weight is 313 g/mol. The van der Waals surface area contributed by atoms with Crippen LogP contribution in [0.15, 0.2) is 22.7 Å². The van der Waals surface area contributed by atoms with Gasteiger partial charge in [-0.25, -0.2) is 0 Å². The van der Waals surface area contributed by atoms with Gasteiger partial charge in [-0.3, -0.25) is 0 Å². The maximum atomic E-state index is 5.47. The smallest absolute Gasteiger partial charge is 0.123 e. The van der Waals surface area contributed by atoms with Crippen molar-refractivity contribution in [1.29, 1.82) is 0 Å². The minimum Gasteiger partial charge on any atom is -0.496 e. The third-order valence-corrected chi connectivity index (χ3v) is 4.14. The molecule has 3 nitrogen and oxygen atoms in total. The van der Waals surface area contributed by atoms with E-state index < -0.39 is 0 Å². The molecule has 0 radical (unpaired) electrons. The van der Waals surface area contributed by atoms with E-state index in [-0.39, 0.29) is 0 Å². The van der Waals surface area contributed by atoms with Crippen LogP contribution in [0.2, 0.25) is 0 Å². The van der Waals surface area contributed by atoms with Crippen LogP contribution in [0.4, 0.5) is 0 Å². The Labute approximate surface area is 117 Å². The summed E-state index contributed by atoms with van der Waals surface area (Å²) in [5.74, 6) is 1.72. The summed E-state index contributed by atoms with van der Waals surface area (Å²) in [7, 11) is 3.75. The van der Waals surface area contributed by atoms with Crippen molar-refractivity contribution in [3.8, 4) is 5.75 Å². The molecule has 0 aliphatic carbocycles. The quantitative estimate of drug-likeness (QED) is 0.877. The standard InChI is InChI=1S/C14H21BrN2O/c1-16-13(7-10-5-6-17-9-10)12-8-11(15)3-4-14(12)18-2/h3-4,8,10,13,16-17H,5-7,9H2,1-2H3. The molecule has 0 bridgehead atoms. The third-order valence-electron chi connectivity index (χ3n) is 3.65. The Morgan fingerprint density at radius 3 is 3.00 bits per heavy atom. The fraction of sp³-hybridized carbons (Fsp3) is 0.571. The first-order valence-corrected chi connectivity index (χ1v) is 7.25. The Bertz CT molecular complexity index is 391. The van der Waals surface area contributed by atoms with Crippen LogP contribution in [0, 0.1) is 5.92 Å². The topological polar surface area (TPSA) is 33.3 Å². The second kappa shape index (κ2) is 6.55. The number of hydrogen-bond acceptors (Lipinski definition) is 3. The number of benzene rings is 1. The van der Waals surface area contributed by atoms with E-state index in [1.54, 1.807) is 7.11 Å². The predicted octanol–water partition coefficient (Wildman–Crippen LogP) is 2.72. The molecule has 0 aromatic heterocycles. The molecule has 1 aromatic rings. The van der Waals surface area contributed by atoms with Crippen LogP contribution in [-0.4, -0.2) is 27.2 Å². The number of methoxy groups -OCH3 is 1. The van der Waals surface area contributed by atoms with E-state index in [0.29, 0.717) is 6.04 Å². The lowest BCUT2D eigenvalue weighted by Crippen LogP contribution is -2.21. The largest absolute Gasteiger partial charge is 0.496 e. The molecular weight excluding hydrogens is 292 g/mol. The first-order valence-electron chi connectivity index (χ1n) is 6.46. The highest BCUT2D eigenvalue weighted by molar-refractivity contribution is 9.10. The molecule has 2 atom stereocenters. The Morgan fingerprint density at radius 1 is 1.56 bits per heavy atom. The van der Waals surface area contributed by atoms with Crippen molar-refractivity contribution in [3.63, 3.8) is 0 Å². The van der Waals surface area contributed by atoms with Gasteiger partial charge in [-0.1, -0.05) is 15.9 Å². The fourth-order valence-electron chi connectivity index (χ4n) is 2.63. The van der Waals surface area contributed by atoms with Gasteiger partial charge in [0.2, 0.25) is 0 Å². The zero-order valence-corrected chi connectivity index (χ0v) is 12.6. The summed E-state index contributed by atoms with van der Waals surface area (Å²) in [6.45, 7) is 2.28. The zero-order chi connectivity index (χ0) is 13.0. The Kier molecular flexibility index (Phi) is 5.03. The Balaban J connectivity index is 2.17. The maximum Gasteiger partial charge on any atom is 0.123 e. The molecular formula is C14H21BrN2O. The normalized spacial score (nSPS) is 20.9. The van der Waals surface area contributed by atoms with E-state index in [0.717, 1.165) is 35.7 Å². The number of halogens is 1. The summed E-state index contributed by atoms with van der Waals surface area (Å²) >= 11 is 3.54. The average Bonchev–Trinajstić information content (AvgIpc) is 2.88. The molecule has 0 amide bonds. The van der Waals surface area contributed by atoms with Crippen molar-refractivity contribution >= 4 is 15.9 Å².